The van der Waals surface area contributed by atoms with E-state index >= 15 is 0 Å². The number of piperidine rings is 1. The third kappa shape index (κ3) is 4.26. The topological polar surface area (TPSA) is 108 Å². The van der Waals surface area contributed by atoms with E-state index in [0.29, 0.717) is 25.9 Å². The van der Waals surface area contributed by atoms with E-state index in [1.807, 2.05) is 22.9 Å². The van der Waals surface area contributed by atoms with Crippen molar-refractivity contribution in [2.24, 2.45) is 11.7 Å². The Hall–Kier alpha value is -2.68. The lowest BCUT2D eigenvalue weighted by Gasteiger charge is -2.38. The molecule has 0 spiro atoms. The third-order valence-corrected chi connectivity index (χ3v) is 6.21. The number of rotatable bonds is 8. The molecule has 3 rings (SSSR count). The van der Waals surface area contributed by atoms with Crippen molar-refractivity contribution in [1.29, 1.82) is 0 Å². The maximum Gasteiger partial charge on any atom is 0.220 e. The highest BCUT2D eigenvalue weighted by Gasteiger charge is 2.36. The van der Waals surface area contributed by atoms with Gasteiger partial charge in [0.25, 0.3) is 0 Å². The van der Waals surface area contributed by atoms with Crippen molar-refractivity contribution in [3.8, 4) is 11.5 Å². The quantitative estimate of drug-likeness (QED) is 0.702. The van der Waals surface area contributed by atoms with E-state index in [1.54, 1.807) is 14.2 Å². The van der Waals surface area contributed by atoms with Crippen molar-refractivity contribution in [3.05, 3.63) is 29.6 Å². The molecule has 1 aromatic carbocycles. The average molecular weight is 417 g/mol. The van der Waals surface area contributed by atoms with Crippen LogP contribution in [0, 0.1) is 5.92 Å². The number of ether oxygens (including phenoxy) is 2. The van der Waals surface area contributed by atoms with Crippen LogP contribution in [0.4, 0.5) is 0 Å². The lowest BCUT2D eigenvalue weighted by Crippen LogP contribution is -2.42. The molecule has 1 atom stereocenters. The fraction of sp³-hybridized carbons (Fsp3) is 0.619. The number of carbonyl (C=O) groups excluding carboxylic acids is 1. The van der Waals surface area contributed by atoms with Crippen LogP contribution in [0.25, 0.3) is 0 Å². The molecule has 2 aromatic rings. The average Bonchev–Trinajstić information content (AvgIpc) is 3.24. The van der Waals surface area contributed by atoms with Crippen molar-refractivity contribution >= 4 is 5.91 Å². The molecule has 0 unspecified atom stereocenters. The largest absolute Gasteiger partial charge is 0.497 e. The number of methoxy groups -OCH3 is 2. The van der Waals surface area contributed by atoms with Crippen LogP contribution >= 0.6 is 0 Å². The predicted octanol–water partition coefficient (Wildman–Crippen LogP) is 2.12. The summed E-state index contributed by atoms with van der Waals surface area (Å²) in [7, 11) is 3.30. The number of nitrogens with zero attached hydrogens (tertiary/aromatic N) is 5. The summed E-state index contributed by atoms with van der Waals surface area (Å²) in [5.74, 6) is 1.88. The normalized spacial score (nSPS) is 17.0. The number of primary amides is 1. The summed E-state index contributed by atoms with van der Waals surface area (Å²) < 4.78 is 13.1. The van der Waals surface area contributed by atoms with Gasteiger partial charge in [-0.3, -0.25) is 9.69 Å². The van der Waals surface area contributed by atoms with Gasteiger partial charge in [-0.1, -0.05) is 6.92 Å². The summed E-state index contributed by atoms with van der Waals surface area (Å²) in [6, 6.07) is 5.50. The molecule has 1 aliphatic rings. The minimum atomic E-state index is -0.255. The summed E-state index contributed by atoms with van der Waals surface area (Å²) in [6.07, 6.45) is 2.28. The molecule has 9 heteroatoms. The first kappa shape index (κ1) is 22.0. The number of benzene rings is 1. The number of tetrazole rings is 1. The van der Waals surface area contributed by atoms with Crippen molar-refractivity contribution in [3.63, 3.8) is 0 Å². The fourth-order valence-electron chi connectivity index (χ4n) is 3.94. The molecule has 9 nitrogen and oxygen atoms in total. The van der Waals surface area contributed by atoms with E-state index in [-0.39, 0.29) is 23.4 Å². The highest BCUT2D eigenvalue weighted by molar-refractivity contribution is 5.76. The Kier molecular flexibility index (Phi) is 6.60. The molecule has 1 aliphatic heterocycles. The molecular formula is C21H32N6O3. The number of aromatic nitrogens is 4. The zero-order valence-electron chi connectivity index (χ0n) is 18.5. The van der Waals surface area contributed by atoms with Gasteiger partial charge in [0.2, 0.25) is 5.91 Å². The smallest absolute Gasteiger partial charge is 0.220 e. The maximum atomic E-state index is 11.7. The summed E-state index contributed by atoms with van der Waals surface area (Å²) in [5, 5.41) is 12.8. The molecule has 0 aliphatic carbocycles. The first-order chi connectivity index (χ1) is 14.3. The van der Waals surface area contributed by atoms with Gasteiger partial charge < -0.3 is 15.2 Å². The molecule has 1 aromatic heterocycles. The molecule has 30 heavy (non-hydrogen) atoms. The van der Waals surface area contributed by atoms with Gasteiger partial charge in [-0.2, -0.15) is 0 Å². The summed E-state index contributed by atoms with van der Waals surface area (Å²) in [5.41, 5.74) is 6.22. The Morgan fingerprint density at radius 3 is 2.53 bits per heavy atom. The summed E-state index contributed by atoms with van der Waals surface area (Å²) in [4.78, 5) is 14.0. The second-order valence-corrected chi connectivity index (χ2v) is 8.34. The Morgan fingerprint density at radius 2 is 1.97 bits per heavy atom. The van der Waals surface area contributed by atoms with Crippen molar-refractivity contribution in [2.75, 3.05) is 27.3 Å². The number of hydrogen-bond acceptors (Lipinski definition) is 7. The number of carbonyl (C=O) groups is 1. The summed E-state index contributed by atoms with van der Waals surface area (Å²) in [6.45, 7) is 7.76. The minimum Gasteiger partial charge on any atom is -0.497 e. The second kappa shape index (κ2) is 8.99. The summed E-state index contributed by atoms with van der Waals surface area (Å²) >= 11 is 0. The van der Waals surface area contributed by atoms with E-state index in [1.165, 1.54) is 0 Å². The zero-order chi connectivity index (χ0) is 21.9. The predicted molar refractivity (Wildman–Crippen MR) is 112 cm³/mol. The second-order valence-electron chi connectivity index (χ2n) is 8.34. The Labute approximate surface area is 177 Å². The highest BCUT2D eigenvalue weighted by atomic mass is 16.5. The third-order valence-electron chi connectivity index (χ3n) is 6.21. The van der Waals surface area contributed by atoms with Crippen LogP contribution in [-0.4, -0.2) is 58.3 Å². The SMILES string of the molecule is CCC(C)(C)n1nnnc1[C@@H](c1cc(OC)ccc1OC)N1CCC(C(N)=O)CC1. The van der Waals surface area contributed by atoms with Gasteiger partial charge >= 0.3 is 0 Å². The highest BCUT2D eigenvalue weighted by Crippen LogP contribution is 2.39. The van der Waals surface area contributed by atoms with E-state index in [2.05, 4.69) is 41.2 Å². The molecule has 1 saturated heterocycles. The van der Waals surface area contributed by atoms with Gasteiger partial charge in [0.1, 0.15) is 17.5 Å². The molecular weight excluding hydrogens is 384 g/mol. The molecule has 0 saturated carbocycles. The molecule has 2 N–H and O–H groups in total. The zero-order valence-corrected chi connectivity index (χ0v) is 18.5. The molecule has 0 bridgehead atoms. The van der Waals surface area contributed by atoms with Gasteiger partial charge in [0.15, 0.2) is 5.82 Å². The van der Waals surface area contributed by atoms with Crippen LogP contribution in [0.3, 0.4) is 0 Å². The van der Waals surface area contributed by atoms with E-state index in [4.69, 9.17) is 15.2 Å². The molecule has 2 heterocycles. The lowest BCUT2D eigenvalue weighted by molar-refractivity contribution is -0.123. The van der Waals surface area contributed by atoms with Crippen molar-refractivity contribution in [2.45, 2.75) is 51.6 Å². The van der Waals surface area contributed by atoms with Crippen LogP contribution < -0.4 is 15.2 Å². The fourth-order valence-corrected chi connectivity index (χ4v) is 3.94. The maximum absolute atomic E-state index is 11.7. The van der Waals surface area contributed by atoms with Gasteiger partial charge in [-0.25, -0.2) is 4.68 Å². The van der Waals surface area contributed by atoms with E-state index in [9.17, 15) is 4.79 Å². The van der Waals surface area contributed by atoms with Crippen LogP contribution in [-0.2, 0) is 10.3 Å². The van der Waals surface area contributed by atoms with Gasteiger partial charge in [0.05, 0.1) is 19.8 Å². The van der Waals surface area contributed by atoms with Gasteiger partial charge in [-0.15, -0.1) is 5.10 Å². The molecule has 0 radical (unpaired) electrons. The first-order valence-electron chi connectivity index (χ1n) is 10.4. The molecule has 1 fully saturated rings. The van der Waals surface area contributed by atoms with Crippen LogP contribution in [0.5, 0.6) is 11.5 Å². The number of nitrogens with two attached hydrogens (primary N) is 1. The monoisotopic (exact) mass is 416 g/mol. The van der Waals surface area contributed by atoms with Crippen LogP contribution in [0.15, 0.2) is 18.2 Å². The van der Waals surface area contributed by atoms with Gasteiger partial charge in [0, 0.05) is 11.5 Å². The number of hydrogen-bond donors (Lipinski definition) is 1. The number of likely N-dealkylation sites (tertiary alicyclic amines) is 1. The minimum absolute atomic E-state index is 0.0998. The Morgan fingerprint density at radius 1 is 1.27 bits per heavy atom. The molecule has 1 amide bonds. The Balaban J connectivity index is 2.10. The van der Waals surface area contributed by atoms with Crippen LogP contribution in [0.2, 0.25) is 0 Å². The number of amides is 1. The van der Waals surface area contributed by atoms with Crippen molar-refractivity contribution < 1.29 is 14.3 Å². The van der Waals surface area contributed by atoms with Gasteiger partial charge in [-0.05, 0) is 74.8 Å². The standard InChI is InChI=1S/C21H32N6O3/c1-6-21(2,3)27-20(23-24-25-27)18(26-11-9-14(10-12-26)19(22)28)16-13-15(29-4)7-8-17(16)30-5/h7-8,13-14,18H,6,9-12H2,1-5H3,(H2,22,28)/t18-/m1/s1. The van der Waals surface area contributed by atoms with E-state index in [0.717, 1.165) is 29.3 Å². The van der Waals surface area contributed by atoms with E-state index < -0.39 is 0 Å². The first-order valence-corrected chi connectivity index (χ1v) is 10.4. The van der Waals surface area contributed by atoms with Crippen molar-refractivity contribution in [1.82, 2.24) is 25.1 Å². The molecule has 164 valence electrons. The Bertz CT molecular complexity index is 873. The van der Waals surface area contributed by atoms with Crippen LogP contribution in [0.1, 0.15) is 57.5 Å². The lowest BCUT2D eigenvalue weighted by atomic mass is 9.92.